The lowest BCUT2D eigenvalue weighted by Crippen LogP contribution is -2.37. The minimum atomic E-state index is -3.69. The first kappa shape index (κ1) is 18.1. The Kier molecular flexibility index (Phi) is 6.48. The van der Waals surface area contributed by atoms with Gasteiger partial charge in [0.25, 0.3) is 0 Å². The molecule has 0 amide bonds. The first-order valence-corrected chi connectivity index (χ1v) is 8.38. The van der Waals surface area contributed by atoms with Gasteiger partial charge in [-0.25, -0.2) is 8.42 Å². The van der Waals surface area contributed by atoms with Gasteiger partial charge in [0, 0.05) is 6.07 Å². The summed E-state index contributed by atoms with van der Waals surface area (Å²) < 4.78 is 40.8. The van der Waals surface area contributed by atoms with Gasteiger partial charge in [-0.1, -0.05) is 0 Å². The molecule has 22 heavy (non-hydrogen) atoms. The molecule has 0 radical (unpaired) electrons. The molecule has 0 unspecified atom stereocenters. The van der Waals surface area contributed by atoms with E-state index < -0.39 is 22.5 Å². The first-order chi connectivity index (χ1) is 10.4. The van der Waals surface area contributed by atoms with Crippen molar-refractivity contribution in [2.24, 2.45) is 0 Å². The van der Waals surface area contributed by atoms with Crippen LogP contribution in [0.5, 0.6) is 11.5 Å². The van der Waals surface area contributed by atoms with E-state index in [1.54, 1.807) is 19.1 Å². The van der Waals surface area contributed by atoms with E-state index in [2.05, 4.69) is 0 Å². The second-order valence-corrected chi connectivity index (χ2v) is 6.43. The van der Waals surface area contributed by atoms with Crippen LogP contribution in [0.15, 0.2) is 18.2 Å². The molecule has 0 aliphatic rings. The van der Waals surface area contributed by atoms with Gasteiger partial charge in [0.05, 0.1) is 32.3 Å². The molecule has 124 valence electrons. The van der Waals surface area contributed by atoms with Gasteiger partial charge in [-0.2, -0.15) is 0 Å². The summed E-state index contributed by atoms with van der Waals surface area (Å²) in [5.74, 6) is -0.0188. The van der Waals surface area contributed by atoms with Crippen LogP contribution < -0.4 is 13.8 Å². The fraction of sp³-hybridized carbons (Fsp3) is 0.500. The number of anilines is 1. The maximum atomic E-state index is 12.3. The fourth-order valence-electron chi connectivity index (χ4n) is 1.80. The van der Waals surface area contributed by atoms with Gasteiger partial charge in [-0.3, -0.25) is 9.10 Å². The largest absolute Gasteiger partial charge is 0.497 e. The highest BCUT2D eigenvalue weighted by Gasteiger charge is 2.27. The van der Waals surface area contributed by atoms with Crippen molar-refractivity contribution in [2.75, 3.05) is 37.4 Å². The van der Waals surface area contributed by atoms with Crippen molar-refractivity contribution in [3.8, 4) is 11.5 Å². The maximum absolute atomic E-state index is 12.3. The fourth-order valence-corrected chi connectivity index (χ4v) is 2.86. The highest BCUT2D eigenvalue weighted by atomic mass is 32.2. The standard InChI is InChI=1S/C14H21NO6S/c1-5-21-14(16)10-15(22(17,18)6-2)12-9-11(19-3)7-8-13(12)20-4/h7-9H,5-6,10H2,1-4H3. The number of methoxy groups -OCH3 is 2. The van der Waals surface area contributed by atoms with Gasteiger partial charge in [-0.15, -0.1) is 0 Å². The zero-order chi connectivity index (χ0) is 16.8. The van der Waals surface area contributed by atoms with Gasteiger partial charge < -0.3 is 14.2 Å². The second-order valence-electron chi connectivity index (χ2n) is 4.25. The van der Waals surface area contributed by atoms with Crippen molar-refractivity contribution in [3.63, 3.8) is 0 Å². The minimum Gasteiger partial charge on any atom is -0.497 e. The Hall–Kier alpha value is -1.96. The van der Waals surface area contributed by atoms with Crippen LogP contribution >= 0.6 is 0 Å². The van der Waals surface area contributed by atoms with Crippen LogP contribution in [-0.4, -0.2) is 47.5 Å². The zero-order valence-electron chi connectivity index (χ0n) is 13.2. The minimum absolute atomic E-state index is 0.160. The predicted molar refractivity (Wildman–Crippen MR) is 83.0 cm³/mol. The smallest absolute Gasteiger partial charge is 0.326 e. The number of nitrogens with zero attached hydrogens (tertiary/aromatic N) is 1. The number of carbonyl (C=O) groups is 1. The quantitative estimate of drug-likeness (QED) is 0.670. The van der Waals surface area contributed by atoms with Crippen LogP contribution in [0.2, 0.25) is 0 Å². The third-order valence-corrected chi connectivity index (χ3v) is 4.66. The summed E-state index contributed by atoms with van der Waals surface area (Å²) in [6.45, 7) is 2.91. The summed E-state index contributed by atoms with van der Waals surface area (Å²) in [4.78, 5) is 11.7. The molecule has 0 saturated heterocycles. The highest BCUT2D eigenvalue weighted by Crippen LogP contribution is 2.34. The molecule has 0 heterocycles. The Morgan fingerprint density at radius 2 is 1.86 bits per heavy atom. The summed E-state index contributed by atoms with van der Waals surface area (Å²) >= 11 is 0. The maximum Gasteiger partial charge on any atom is 0.326 e. The number of esters is 1. The topological polar surface area (TPSA) is 82.1 Å². The number of carbonyl (C=O) groups excluding carboxylic acids is 1. The van der Waals surface area contributed by atoms with E-state index in [9.17, 15) is 13.2 Å². The number of rotatable bonds is 8. The van der Waals surface area contributed by atoms with Crippen LogP contribution in [0.4, 0.5) is 5.69 Å². The molecule has 1 rings (SSSR count). The van der Waals surface area contributed by atoms with Crippen molar-refractivity contribution >= 4 is 21.7 Å². The molecule has 0 spiro atoms. The molecule has 0 fully saturated rings. The van der Waals surface area contributed by atoms with Crippen molar-refractivity contribution in [1.29, 1.82) is 0 Å². The van der Waals surface area contributed by atoms with Gasteiger partial charge in [-0.05, 0) is 26.0 Å². The number of benzene rings is 1. The number of ether oxygens (including phenoxy) is 3. The summed E-state index contributed by atoms with van der Waals surface area (Å²) in [6.07, 6.45) is 0. The monoisotopic (exact) mass is 331 g/mol. The van der Waals surface area contributed by atoms with E-state index >= 15 is 0 Å². The first-order valence-electron chi connectivity index (χ1n) is 6.77. The number of sulfonamides is 1. The van der Waals surface area contributed by atoms with E-state index in [0.717, 1.165) is 4.31 Å². The van der Waals surface area contributed by atoms with Gasteiger partial charge >= 0.3 is 5.97 Å². The summed E-state index contributed by atoms with van der Waals surface area (Å²) in [6, 6.07) is 4.73. The molecule has 0 saturated carbocycles. The lowest BCUT2D eigenvalue weighted by atomic mass is 10.2. The molecule has 0 aliphatic carbocycles. The third kappa shape index (κ3) is 4.27. The van der Waals surface area contributed by atoms with Crippen molar-refractivity contribution in [1.82, 2.24) is 0 Å². The molecule has 0 bridgehead atoms. The number of hydrogen-bond acceptors (Lipinski definition) is 6. The lowest BCUT2D eigenvalue weighted by molar-refractivity contribution is -0.141. The van der Waals surface area contributed by atoms with Crippen LogP contribution in [0.1, 0.15) is 13.8 Å². The Labute approximate surface area is 130 Å². The Bertz CT molecular complexity index is 614. The molecule has 1 aromatic rings. The van der Waals surface area contributed by atoms with Gasteiger partial charge in [0.2, 0.25) is 10.0 Å². The number of hydrogen-bond donors (Lipinski definition) is 0. The third-order valence-electron chi connectivity index (χ3n) is 2.93. The van der Waals surface area contributed by atoms with Crippen molar-refractivity contribution in [2.45, 2.75) is 13.8 Å². The zero-order valence-corrected chi connectivity index (χ0v) is 14.0. The molecule has 8 heteroatoms. The molecule has 1 aromatic carbocycles. The summed E-state index contributed by atoms with van der Waals surface area (Å²) in [5, 5.41) is 0. The molecule has 0 atom stereocenters. The van der Waals surface area contributed by atoms with Crippen molar-refractivity contribution in [3.05, 3.63) is 18.2 Å². The predicted octanol–water partition coefficient (Wildman–Crippen LogP) is 1.42. The van der Waals surface area contributed by atoms with Gasteiger partial charge in [0.15, 0.2) is 0 Å². The summed E-state index contributed by atoms with van der Waals surface area (Å²) in [7, 11) is -0.796. The van der Waals surface area contributed by atoms with Crippen molar-refractivity contribution < 1.29 is 27.4 Å². The average molecular weight is 331 g/mol. The average Bonchev–Trinajstić information content (AvgIpc) is 2.52. The van der Waals surface area contributed by atoms with Gasteiger partial charge in [0.1, 0.15) is 18.0 Å². The van der Waals surface area contributed by atoms with Crippen LogP contribution in [0, 0.1) is 0 Å². The van der Waals surface area contributed by atoms with E-state index in [0.29, 0.717) is 11.5 Å². The van der Waals surface area contributed by atoms with E-state index in [4.69, 9.17) is 14.2 Å². The van der Waals surface area contributed by atoms with Crippen LogP contribution in [0.3, 0.4) is 0 Å². The SMILES string of the molecule is CCOC(=O)CN(c1cc(OC)ccc1OC)S(=O)(=O)CC. The molecule has 7 nitrogen and oxygen atoms in total. The van der Waals surface area contributed by atoms with E-state index in [1.165, 1.54) is 27.2 Å². The van der Waals surface area contributed by atoms with Crippen LogP contribution in [-0.2, 0) is 19.6 Å². The Balaban J connectivity index is 3.35. The molecule has 0 aliphatic heterocycles. The highest BCUT2D eigenvalue weighted by molar-refractivity contribution is 7.92. The van der Waals surface area contributed by atoms with E-state index in [1.807, 2.05) is 0 Å². The molecular formula is C14H21NO6S. The molecule has 0 aromatic heterocycles. The Morgan fingerprint density at radius 3 is 2.36 bits per heavy atom. The normalized spacial score (nSPS) is 10.9. The second kappa shape index (κ2) is 7.88. The lowest BCUT2D eigenvalue weighted by Gasteiger charge is -2.25. The van der Waals surface area contributed by atoms with Crippen LogP contribution in [0.25, 0.3) is 0 Å². The Morgan fingerprint density at radius 1 is 1.18 bits per heavy atom. The molecule has 0 N–H and O–H groups in total. The van der Waals surface area contributed by atoms with E-state index in [-0.39, 0.29) is 18.0 Å². The summed E-state index contributed by atoms with van der Waals surface area (Å²) in [5.41, 5.74) is 0.233. The molecular weight excluding hydrogens is 310 g/mol.